The van der Waals surface area contributed by atoms with Crippen LogP contribution >= 0.6 is 0 Å². The summed E-state index contributed by atoms with van der Waals surface area (Å²) in [6.45, 7) is 4.69. The molecule has 164 valence electrons. The van der Waals surface area contributed by atoms with Crippen molar-refractivity contribution < 1.29 is 13.2 Å². The summed E-state index contributed by atoms with van der Waals surface area (Å²) in [5, 5.41) is 16.9. The molecule has 0 radical (unpaired) electrons. The third-order valence-electron chi connectivity index (χ3n) is 5.88. The molecule has 0 spiro atoms. The summed E-state index contributed by atoms with van der Waals surface area (Å²) in [6.07, 6.45) is 3.81. The number of nitriles is 1. The predicted octanol–water partition coefficient (Wildman–Crippen LogP) is 2.64. The number of hydrogen-bond acceptors (Lipinski definition) is 5. The lowest BCUT2D eigenvalue weighted by atomic mass is 10.0. The van der Waals surface area contributed by atoms with Gasteiger partial charge in [-0.15, -0.1) is 0 Å². The highest BCUT2D eigenvalue weighted by Crippen LogP contribution is 2.46. The zero-order valence-electron chi connectivity index (χ0n) is 18.0. The molecular weight excluding hydrogens is 414 g/mol. The highest BCUT2D eigenvalue weighted by Gasteiger charge is 2.37. The largest absolute Gasteiger partial charge is 0.347 e. The number of nitrogens with zero attached hydrogens (tertiary/aromatic N) is 4. The summed E-state index contributed by atoms with van der Waals surface area (Å²) in [4.78, 5) is 13.4. The van der Waals surface area contributed by atoms with Crippen LogP contribution in [0.25, 0.3) is 11.3 Å². The smallest absolute Gasteiger partial charge is 0.270 e. The van der Waals surface area contributed by atoms with Gasteiger partial charge in [-0.1, -0.05) is 12.1 Å². The summed E-state index contributed by atoms with van der Waals surface area (Å²) >= 11 is 0. The molecule has 1 aliphatic heterocycles. The first-order chi connectivity index (χ1) is 14.7. The van der Waals surface area contributed by atoms with Crippen molar-refractivity contribution >= 4 is 15.9 Å². The number of benzene rings is 1. The first kappa shape index (κ1) is 21.5. The van der Waals surface area contributed by atoms with Crippen molar-refractivity contribution in [2.75, 3.05) is 19.3 Å². The molecular formula is C22H27N5O3S. The van der Waals surface area contributed by atoms with Crippen molar-refractivity contribution in [3.05, 3.63) is 41.1 Å². The lowest BCUT2D eigenvalue weighted by molar-refractivity contribution is 0.0925. The molecule has 0 bridgehead atoms. The Bertz CT molecular complexity index is 1140. The van der Waals surface area contributed by atoms with E-state index in [9.17, 15) is 13.2 Å². The van der Waals surface area contributed by atoms with Crippen molar-refractivity contribution in [3.63, 3.8) is 0 Å². The van der Waals surface area contributed by atoms with Crippen LogP contribution in [0.15, 0.2) is 24.3 Å². The highest BCUT2D eigenvalue weighted by atomic mass is 32.2. The maximum Gasteiger partial charge on any atom is 0.270 e. The molecule has 8 nitrogen and oxygen atoms in total. The fraction of sp³-hybridized carbons (Fsp3) is 0.500. The molecule has 9 heteroatoms. The Balaban J connectivity index is 1.69. The van der Waals surface area contributed by atoms with E-state index in [1.54, 1.807) is 16.8 Å². The Morgan fingerprint density at radius 2 is 1.90 bits per heavy atom. The highest BCUT2D eigenvalue weighted by molar-refractivity contribution is 7.88. The Morgan fingerprint density at radius 1 is 1.23 bits per heavy atom. The van der Waals surface area contributed by atoms with Crippen molar-refractivity contribution in [1.82, 2.24) is 19.4 Å². The van der Waals surface area contributed by atoms with Crippen molar-refractivity contribution in [2.45, 2.75) is 51.1 Å². The summed E-state index contributed by atoms with van der Waals surface area (Å²) < 4.78 is 26.8. The fourth-order valence-corrected chi connectivity index (χ4v) is 5.01. The summed E-state index contributed by atoms with van der Waals surface area (Å²) in [7, 11) is -3.27. The van der Waals surface area contributed by atoms with Crippen molar-refractivity contribution in [3.8, 4) is 17.3 Å². The molecule has 2 fully saturated rings. The van der Waals surface area contributed by atoms with Crippen LogP contribution in [0.2, 0.25) is 0 Å². The minimum atomic E-state index is -3.27. The molecule has 1 saturated heterocycles. The van der Waals surface area contributed by atoms with Gasteiger partial charge in [0.1, 0.15) is 5.69 Å². The van der Waals surface area contributed by atoms with Crippen LogP contribution < -0.4 is 5.32 Å². The molecule has 1 N–H and O–H groups in total. The Labute approximate surface area is 182 Å². The van der Waals surface area contributed by atoms with Gasteiger partial charge in [0.05, 0.1) is 23.6 Å². The van der Waals surface area contributed by atoms with E-state index in [1.807, 2.05) is 26.0 Å². The second-order valence-corrected chi connectivity index (χ2v) is 10.7. The molecule has 4 rings (SSSR count). The fourth-order valence-electron chi connectivity index (χ4n) is 4.12. The standard InChI is InChI=1S/C22H27N5O3S/c1-14(2)27-21(22(28)24-18-10-11-26(13-18)31(3,29)30)19(16-8-9-16)20(25-27)17-6-4-15(12-23)5-7-17/h4-7,14,16,18H,8-11,13H2,1-3H3,(H,24,28). The van der Waals surface area contributed by atoms with Crippen molar-refractivity contribution in [1.29, 1.82) is 5.26 Å². The zero-order chi connectivity index (χ0) is 22.3. The van der Waals surface area contributed by atoms with Gasteiger partial charge in [-0.3, -0.25) is 9.48 Å². The lowest BCUT2D eigenvalue weighted by Crippen LogP contribution is -2.39. The average molecular weight is 442 g/mol. The third kappa shape index (κ3) is 4.36. The topological polar surface area (TPSA) is 108 Å². The van der Waals surface area contributed by atoms with Crippen LogP contribution in [0.1, 0.15) is 66.7 Å². The van der Waals surface area contributed by atoms with E-state index in [4.69, 9.17) is 10.4 Å². The van der Waals surface area contributed by atoms with Crippen molar-refractivity contribution in [2.24, 2.45) is 0 Å². The lowest BCUT2D eigenvalue weighted by Gasteiger charge is -2.17. The van der Waals surface area contributed by atoms with Crippen LogP contribution in [0.3, 0.4) is 0 Å². The average Bonchev–Trinajstić information content (AvgIpc) is 3.30. The number of aromatic nitrogens is 2. The summed E-state index contributed by atoms with van der Waals surface area (Å²) in [5.41, 5.74) is 3.77. The van der Waals surface area contributed by atoms with Crippen LogP contribution in [0.5, 0.6) is 0 Å². The van der Waals surface area contributed by atoms with Crippen LogP contribution in [-0.4, -0.2) is 53.8 Å². The SMILES string of the molecule is CC(C)n1nc(-c2ccc(C#N)cc2)c(C2CC2)c1C(=O)NC1CCN(S(C)(=O)=O)C1. The van der Waals surface area contributed by atoms with E-state index in [-0.39, 0.29) is 23.9 Å². The number of nitrogens with one attached hydrogen (secondary N) is 1. The monoisotopic (exact) mass is 441 g/mol. The molecule has 1 aromatic carbocycles. The van der Waals surface area contributed by atoms with Gasteiger partial charge in [0.15, 0.2) is 0 Å². The number of rotatable bonds is 6. The normalized spacial score (nSPS) is 19.5. The molecule has 1 aliphatic carbocycles. The van der Waals surface area contributed by atoms with Gasteiger partial charge >= 0.3 is 0 Å². The van der Waals surface area contributed by atoms with Gasteiger partial charge in [-0.2, -0.15) is 10.4 Å². The predicted molar refractivity (Wildman–Crippen MR) is 117 cm³/mol. The maximum atomic E-state index is 13.4. The number of carbonyl (C=O) groups is 1. The van der Waals surface area contributed by atoms with E-state index in [0.29, 0.717) is 30.8 Å². The van der Waals surface area contributed by atoms with E-state index in [2.05, 4.69) is 11.4 Å². The second-order valence-electron chi connectivity index (χ2n) is 8.69. The molecule has 31 heavy (non-hydrogen) atoms. The van der Waals surface area contributed by atoms with Gasteiger partial charge in [0.2, 0.25) is 10.0 Å². The molecule has 1 amide bonds. The number of carbonyl (C=O) groups excluding carboxylic acids is 1. The molecule has 2 aliphatic rings. The van der Waals surface area contributed by atoms with Gasteiger partial charge in [-0.05, 0) is 51.2 Å². The number of sulfonamides is 1. The second kappa shape index (κ2) is 8.09. The van der Waals surface area contributed by atoms with E-state index < -0.39 is 10.0 Å². The number of hydrogen-bond donors (Lipinski definition) is 1. The maximum absolute atomic E-state index is 13.4. The van der Waals surface area contributed by atoms with Crippen LogP contribution in [0.4, 0.5) is 0 Å². The van der Waals surface area contributed by atoms with E-state index >= 15 is 0 Å². The van der Waals surface area contributed by atoms with Gasteiger partial charge in [0.25, 0.3) is 5.91 Å². The van der Waals surface area contributed by atoms with Crippen LogP contribution in [-0.2, 0) is 10.0 Å². The summed E-state index contributed by atoms with van der Waals surface area (Å²) in [5.74, 6) is 0.0818. The molecule has 1 unspecified atom stereocenters. The molecule has 1 aromatic heterocycles. The summed E-state index contributed by atoms with van der Waals surface area (Å²) in [6, 6.07) is 9.17. The molecule has 1 atom stereocenters. The number of amides is 1. The molecule has 2 heterocycles. The Morgan fingerprint density at radius 3 is 2.42 bits per heavy atom. The third-order valence-corrected chi connectivity index (χ3v) is 7.15. The van der Waals surface area contributed by atoms with Gasteiger partial charge in [0, 0.05) is 36.3 Å². The minimum absolute atomic E-state index is 0.0125. The first-order valence-corrected chi connectivity index (χ1v) is 12.4. The Hall–Kier alpha value is -2.70. The first-order valence-electron chi connectivity index (χ1n) is 10.6. The van der Waals surface area contributed by atoms with Gasteiger partial charge < -0.3 is 5.32 Å². The molecule has 1 saturated carbocycles. The van der Waals surface area contributed by atoms with E-state index in [1.165, 1.54) is 10.6 Å². The van der Waals surface area contributed by atoms with E-state index in [0.717, 1.165) is 29.7 Å². The zero-order valence-corrected chi connectivity index (χ0v) is 18.8. The van der Waals surface area contributed by atoms with Crippen LogP contribution in [0, 0.1) is 11.3 Å². The molecule has 2 aromatic rings. The minimum Gasteiger partial charge on any atom is -0.347 e. The Kier molecular flexibility index (Phi) is 5.62. The van der Waals surface area contributed by atoms with Gasteiger partial charge in [-0.25, -0.2) is 12.7 Å². The quantitative estimate of drug-likeness (QED) is 0.741.